The molecule has 110 valence electrons. The normalized spacial score (nSPS) is 16.0. The third-order valence-corrected chi connectivity index (χ3v) is 3.65. The summed E-state index contributed by atoms with van der Waals surface area (Å²) in [5.41, 5.74) is 1.59. The monoisotopic (exact) mass is 297 g/mol. The van der Waals surface area contributed by atoms with Gasteiger partial charge in [0.15, 0.2) is 0 Å². The van der Waals surface area contributed by atoms with Crippen molar-refractivity contribution >= 4 is 11.0 Å². The second-order valence-electron chi connectivity index (χ2n) is 5.20. The number of benzene rings is 1. The van der Waals surface area contributed by atoms with E-state index in [0.29, 0.717) is 22.6 Å². The molecular formula is C15H11N3O4. The molecule has 22 heavy (non-hydrogen) atoms. The lowest BCUT2D eigenvalue weighted by molar-refractivity contribution is -0.0215. The van der Waals surface area contributed by atoms with Gasteiger partial charge in [0.25, 0.3) is 5.56 Å². The number of nitrogens with one attached hydrogen (secondary N) is 2. The Morgan fingerprint density at radius 1 is 1.23 bits per heavy atom. The first kappa shape index (κ1) is 12.8. The Morgan fingerprint density at radius 2 is 2.05 bits per heavy atom. The Kier molecular flexibility index (Phi) is 2.49. The number of aromatic amines is 2. The highest BCUT2D eigenvalue weighted by molar-refractivity contribution is 5.82. The zero-order valence-corrected chi connectivity index (χ0v) is 11.5. The molecule has 1 atom stereocenters. The quantitative estimate of drug-likeness (QED) is 0.573. The summed E-state index contributed by atoms with van der Waals surface area (Å²) in [6, 6.07) is 6.99. The van der Waals surface area contributed by atoms with E-state index in [1.54, 1.807) is 6.07 Å². The second kappa shape index (κ2) is 4.28. The minimum Gasteiger partial charge on any atom is -0.460 e. The number of aliphatic hydroxyl groups is 1. The van der Waals surface area contributed by atoms with Gasteiger partial charge in [0, 0.05) is 11.1 Å². The van der Waals surface area contributed by atoms with Gasteiger partial charge in [-0.2, -0.15) is 0 Å². The Morgan fingerprint density at radius 3 is 2.86 bits per heavy atom. The van der Waals surface area contributed by atoms with Crippen LogP contribution >= 0.6 is 0 Å². The number of hydrogen-bond acceptors (Lipinski definition) is 5. The van der Waals surface area contributed by atoms with Crippen LogP contribution in [-0.4, -0.2) is 20.1 Å². The van der Waals surface area contributed by atoms with Crippen LogP contribution in [0.5, 0.6) is 5.75 Å². The van der Waals surface area contributed by atoms with Gasteiger partial charge in [-0.15, -0.1) is 0 Å². The fourth-order valence-corrected chi connectivity index (χ4v) is 2.63. The molecule has 3 N–H and O–H groups in total. The molecule has 0 radical (unpaired) electrons. The number of H-pyrrole nitrogens is 2. The van der Waals surface area contributed by atoms with Crippen LogP contribution in [0.4, 0.5) is 0 Å². The van der Waals surface area contributed by atoms with Gasteiger partial charge >= 0.3 is 5.69 Å². The average molecular weight is 297 g/mol. The van der Waals surface area contributed by atoms with Crippen LogP contribution < -0.4 is 16.0 Å². The van der Waals surface area contributed by atoms with Gasteiger partial charge in [-0.05, 0) is 25.1 Å². The number of aryl methyl sites for hydroxylation is 1. The number of hydrogen-bond donors (Lipinski definition) is 3. The van der Waals surface area contributed by atoms with Crippen LogP contribution in [0, 0.1) is 6.92 Å². The van der Waals surface area contributed by atoms with Crippen molar-refractivity contribution in [3.63, 3.8) is 0 Å². The molecule has 1 aliphatic rings. The van der Waals surface area contributed by atoms with E-state index >= 15 is 0 Å². The summed E-state index contributed by atoms with van der Waals surface area (Å²) < 4.78 is 5.46. The largest absolute Gasteiger partial charge is 0.460 e. The summed E-state index contributed by atoms with van der Waals surface area (Å²) in [5.74, 6) is 0.504. The molecule has 0 saturated carbocycles. The van der Waals surface area contributed by atoms with Gasteiger partial charge < -0.3 is 9.84 Å². The molecule has 0 saturated heterocycles. The first-order valence-electron chi connectivity index (χ1n) is 6.66. The molecule has 7 nitrogen and oxygen atoms in total. The van der Waals surface area contributed by atoms with Crippen molar-refractivity contribution in [1.82, 2.24) is 15.0 Å². The number of fused-ring (bicyclic) bond motifs is 4. The molecule has 3 aromatic rings. The second-order valence-corrected chi connectivity index (χ2v) is 5.20. The smallest absolute Gasteiger partial charge is 0.327 e. The van der Waals surface area contributed by atoms with Gasteiger partial charge in [0.1, 0.15) is 11.4 Å². The van der Waals surface area contributed by atoms with Crippen LogP contribution in [0.3, 0.4) is 0 Å². The molecule has 1 aliphatic heterocycles. The van der Waals surface area contributed by atoms with E-state index in [0.717, 1.165) is 5.56 Å². The summed E-state index contributed by atoms with van der Waals surface area (Å²) in [7, 11) is 0. The van der Waals surface area contributed by atoms with E-state index in [9.17, 15) is 14.7 Å². The van der Waals surface area contributed by atoms with Crippen LogP contribution in [-0.2, 0) is 0 Å². The molecule has 2 aromatic heterocycles. The lowest BCUT2D eigenvalue weighted by atomic mass is 9.99. The molecule has 0 unspecified atom stereocenters. The summed E-state index contributed by atoms with van der Waals surface area (Å²) in [6.45, 7) is 1.93. The molecule has 7 heteroatoms. The number of pyridine rings is 1. The van der Waals surface area contributed by atoms with Crippen molar-refractivity contribution < 1.29 is 9.84 Å². The number of ether oxygens (including phenoxy) is 1. The fourth-order valence-electron chi connectivity index (χ4n) is 2.63. The average Bonchev–Trinajstić information content (AvgIpc) is 2.47. The SMILES string of the molecule is Cc1ccc2c(c1)-c1nc3[nH]c(=O)[nH]c(=O)c3cc1[C@@H](O)O2. The lowest BCUT2D eigenvalue weighted by Crippen LogP contribution is -2.24. The van der Waals surface area contributed by atoms with Crippen LogP contribution in [0.15, 0.2) is 33.9 Å². The van der Waals surface area contributed by atoms with E-state index in [1.165, 1.54) is 6.07 Å². The predicted molar refractivity (Wildman–Crippen MR) is 78.7 cm³/mol. The first-order chi connectivity index (χ1) is 10.5. The van der Waals surface area contributed by atoms with Crippen molar-refractivity contribution in [1.29, 1.82) is 0 Å². The van der Waals surface area contributed by atoms with Crippen LogP contribution in [0.25, 0.3) is 22.3 Å². The molecule has 3 heterocycles. The fraction of sp³-hybridized carbons (Fsp3) is 0.133. The Hall–Kier alpha value is -2.93. The Balaban J connectivity index is 2.13. The number of aromatic nitrogens is 3. The van der Waals surface area contributed by atoms with Crippen LogP contribution in [0.2, 0.25) is 0 Å². The zero-order valence-electron chi connectivity index (χ0n) is 11.5. The molecule has 0 fully saturated rings. The highest BCUT2D eigenvalue weighted by atomic mass is 16.6. The third kappa shape index (κ3) is 1.76. The summed E-state index contributed by atoms with van der Waals surface area (Å²) in [4.78, 5) is 32.2. The van der Waals surface area contributed by atoms with Crippen molar-refractivity contribution in [2.24, 2.45) is 0 Å². The molecule has 0 spiro atoms. The van der Waals surface area contributed by atoms with Gasteiger partial charge in [-0.1, -0.05) is 11.6 Å². The zero-order chi connectivity index (χ0) is 15.4. The third-order valence-electron chi connectivity index (χ3n) is 3.65. The summed E-state index contributed by atoms with van der Waals surface area (Å²) in [5, 5.41) is 10.3. The maximum absolute atomic E-state index is 11.9. The standard InChI is InChI=1S/C15H11N3O4/c1-6-2-3-10-7(4-6)11-8(14(20)22-10)5-9-12(16-11)17-15(21)18-13(9)19/h2-5,14,20H,1H3,(H2,16,17,18,19,21)/t14-/m0/s1. The van der Waals surface area contributed by atoms with Crippen molar-refractivity contribution in [3.8, 4) is 17.0 Å². The Labute approximate surface area is 123 Å². The van der Waals surface area contributed by atoms with Crippen molar-refractivity contribution in [2.75, 3.05) is 0 Å². The van der Waals surface area contributed by atoms with Crippen molar-refractivity contribution in [2.45, 2.75) is 13.2 Å². The maximum Gasteiger partial charge on any atom is 0.327 e. The lowest BCUT2D eigenvalue weighted by Gasteiger charge is -2.24. The topological polar surface area (TPSA) is 108 Å². The molecule has 4 rings (SSSR count). The molecule has 0 bridgehead atoms. The molecule has 0 aliphatic carbocycles. The number of rotatable bonds is 0. The molecule has 1 aromatic carbocycles. The minimum atomic E-state index is -1.21. The van der Waals surface area contributed by atoms with E-state index in [2.05, 4.69) is 15.0 Å². The first-order valence-corrected chi connectivity index (χ1v) is 6.66. The van der Waals surface area contributed by atoms with Gasteiger partial charge in [-0.3, -0.25) is 14.8 Å². The van der Waals surface area contributed by atoms with E-state index in [-0.39, 0.29) is 11.0 Å². The van der Waals surface area contributed by atoms with E-state index in [1.807, 2.05) is 19.1 Å². The molecular weight excluding hydrogens is 286 g/mol. The minimum absolute atomic E-state index is 0.175. The van der Waals surface area contributed by atoms with Gasteiger partial charge in [-0.25, -0.2) is 9.78 Å². The van der Waals surface area contributed by atoms with E-state index in [4.69, 9.17) is 4.74 Å². The van der Waals surface area contributed by atoms with E-state index < -0.39 is 17.5 Å². The maximum atomic E-state index is 11.9. The summed E-state index contributed by atoms with van der Waals surface area (Å²) in [6.07, 6.45) is -1.21. The predicted octanol–water partition coefficient (Wildman–Crippen LogP) is 0.970. The van der Waals surface area contributed by atoms with Crippen LogP contribution in [0.1, 0.15) is 17.4 Å². The highest BCUT2D eigenvalue weighted by Crippen LogP contribution is 2.41. The molecule has 0 amide bonds. The summed E-state index contributed by atoms with van der Waals surface area (Å²) >= 11 is 0. The van der Waals surface area contributed by atoms with Gasteiger partial charge in [0.2, 0.25) is 6.29 Å². The highest BCUT2D eigenvalue weighted by Gasteiger charge is 2.27. The van der Waals surface area contributed by atoms with Gasteiger partial charge in [0.05, 0.1) is 11.1 Å². The Bertz CT molecular complexity index is 1040. The van der Waals surface area contributed by atoms with Crippen molar-refractivity contribution in [3.05, 3.63) is 56.2 Å². The number of nitrogens with zero attached hydrogens (tertiary/aromatic N) is 1. The number of aliphatic hydroxyl groups excluding tert-OH is 1.